The molecule has 0 aliphatic carbocycles. The van der Waals surface area contributed by atoms with Crippen LogP contribution in [-0.4, -0.2) is 66.1 Å². The summed E-state index contributed by atoms with van der Waals surface area (Å²) in [5.74, 6) is 3.93. The lowest BCUT2D eigenvalue weighted by atomic mass is 10.0. The van der Waals surface area contributed by atoms with Crippen LogP contribution in [0.1, 0.15) is 16.7 Å². The summed E-state index contributed by atoms with van der Waals surface area (Å²) in [4.78, 5) is 28.6. The molecule has 0 spiro atoms. The summed E-state index contributed by atoms with van der Waals surface area (Å²) in [5, 5.41) is 12.0. The molecular formula is C38H40N8O5. The zero-order valence-corrected chi connectivity index (χ0v) is 29.4. The molecule has 51 heavy (non-hydrogen) atoms. The van der Waals surface area contributed by atoms with E-state index in [9.17, 15) is 4.79 Å². The molecule has 6 rings (SSSR count). The molecule has 0 aliphatic rings. The number of likely N-dealkylation sites (N-methyl/N-ethyl adjacent to an activating group) is 1. The van der Waals surface area contributed by atoms with Gasteiger partial charge in [0.15, 0.2) is 0 Å². The fourth-order valence-corrected chi connectivity index (χ4v) is 5.78. The molecule has 0 unspecified atom stereocenters. The first kappa shape index (κ1) is 34.5. The third kappa shape index (κ3) is 7.77. The molecule has 13 nitrogen and oxygen atoms in total. The van der Waals surface area contributed by atoms with Crippen molar-refractivity contribution < 1.29 is 23.7 Å². The van der Waals surface area contributed by atoms with Gasteiger partial charge in [-0.3, -0.25) is 14.5 Å². The Hall–Kier alpha value is -6.37. The number of aromatic nitrogens is 5. The average Bonchev–Trinajstić information content (AvgIpc) is 3.60. The number of carbonyl (C=O) groups excluding carboxylic acids is 1. The number of benzene rings is 2. The maximum Gasteiger partial charge on any atom is 0.241 e. The van der Waals surface area contributed by atoms with Crippen molar-refractivity contribution in [1.29, 1.82) is 0 Å². The van der Waals surface area contributed by atoms with Crippen molar-refractivity contribution in [3.05, 3.63) is 102 Å². The highest BCUT2D eigenvalue weighted by Crippen LogP contribution is 2.36. The second kappa shape index (κ2) is 15.5. The summed E-state index contributed by atoms with van der Waals surface area (Å²) < 4.78 is 24.2. The van der Waals surface area contributed by atoms with Crippen LogP contribution in [0, 0.1) is 6.92 Å². The van der Waals surface area contributed by atoms with Crippen molar-refractivity contribution in [2.75, 3.05) is 45.7 Å². The number of rotatable bonds is 14. The van der Waals surface area contributed by atoms with Crippen LogP contribution in [0.5, 0.6) is 23.0 Å². The number of carbonyl (C=O) groups is 1. The van der Waals surface area contributed by atoms with Gasteiger partial charge in [0.05, 0.1) is 46.0 Å². The van der Waals surface area contributed by atoms with Crippen LogP contribution in [0.25, 0.3) is 22.0 Å². The number of hydrogen-bond acceptors (Lipinski definition) is 11. The molecule has 4 heterocycles. The summed E-state index contributed by atoms with van der Waals surface area (Å²) in [5.41, 5.74) is 5.27. The normalized spacial score (nSPS) is 10.9. The van der Waals surface area contributed by atoms with Gasteiger partial charge in [-0.2, -0.15) is 5.10 Å². The fraction of sp³-hybridized carbons (Fsp3) is 0.237. The minimum absolute atomic E-state index is 0.111. The minimum Gasteiger partial charge on any atom is -0.497 e. The van der Waals surface area contributed by atoms with Crippen molar-refractivity contribution in [2.45, 2.75) is 26.6 Å². The van der Waals surface area contributed by atoms with Gasteiger partial charge in [-0.05, 0) is 60.3 Å². The number of nitrogens with zero attached hydrogens (tertiary/aromatic N) is 6. The molecule has 13 heteroatoms. The molecule has 0 atom stereocenters. The van der Waals surface area contributed by atoms with Crippen molar-refractivity contribution in [1.82, 2.24) is 30.0 Å². The Bertz CT molecular complexity index is 2110. The maximum absolute atomic E-state index is 11.9. The van der Waals surface area contributed by atoms with Gasteiger partial charge in [0.25, 0.3) is 0 Å². The monoisotopic (exact) mass is 688 g/mol. The van der Waals surface area contributed by atoms with Gasteiger partial charge in [0.1, 0.15) is 41.2 Å². The second-order valence-corrected chi connectivity index (χ2v) is 11.7. The second-order valence-electron chi connectivity index (χ2n) is 11.7. The molecule has 2 N–H and O–H groups in total. The van der Waals surface area contributed by atoms with Gasteiger partial charge in [-0.25, -0.2) is 9.97 Å². The molecule has 1 amide bonds. The van der Waals surface area contributed by atoms with Gasteiger partial charge in [0.2, 0.25) is 5.91 Å². The molecule has 6 aromatic rings. The fourth-order valence-electron chi connectivity index (χ4n) is 5.78. The Balaban J connectivity index is 1.49. The summed E-state index contributed by atoms with van der Waals surface area (Å²) in [6.45, 7) is 3.02. The van der Waals surface area contributed by atoms with Crippen LogP contribution in [0.3, 0.4) is 0 Å². The smallest absolute Gasteiger partial charge is 0.241 e. The van der Waals surface area contributed by atoms with Crippen molar-refractivity contribution in [2.24, 2.45) is 0 Å². The number of nitrogens with one attached hydrogen (secondary N) is 2. The number of fused-ring (bicyclic) bond motifs is 1. The standard InChI is InChI=1S/C38H40N8O5/c1-24-11-12-40-18-31(24)33-13-27-14-36(43-28-17-42-46(22-28)23-37(47)39-2)41-19-32(27)38(44-33)45(20-25-7-9-29(48-3)15-34(25)50-5)21-26-8-10-30(49-4)16-35(26)51-6/h7-19,22H,20-21,23H2,1-6H3,(H,39,47)(H,41,43). The highest BCUT2D eigenvalue weighted by Gasteiger charge is 2.21. The summed E-state index contributed by atoms with van der Waals surface area (Å²) in [6, 6.07) is 17.6. The molecule has 0 fully saturated rings. The van der Waals surface area contributed by atoms with Gasteiger partial charge < -0.3 is 34.5 Å². The molecule has 0 saturated heterocycles. The van der Waals surface area contributed by atoms with Gasteiger partial charge in [0, 0.05) is 79.1 Å². The van der Waals surface area contributed by atoms with Crippen LogP contribution in [0.2, 0.25) is 0 Å². The van der Waals surface area contributed by atoms with Crippen LogP contribution in [0.15, 0.2) is 85.6 Å². The largest absolute Gasteiger partial charge is 0.497 e. The molecule has 4 aromatic heterocycles. The molecule has 262 valence electrons. The van der Waals surface area contributed by atoms with E-state index in [1.807, 2.05) is 73.9 Å². The summed E-state index contributed by atoms with van der Waals surface area (Å²) in [7, 11) is 8.15. The number of anilines is 3. The summed E-state index contributed by atoms with van der Waals surface area (Å²) >= 11 is 0. The molecule has 0 bridgehead atoms. The van der Waals surface area contributed by atoms with E-state index in [4.69, 9.17) is 28.9 Å². The Morgan fingerprint density at radius 2 is 1.53 bits per heavy atom. The molecule has 0 saturated carbocycles. The Kier molecular flexibility index (Phi) is 10.5. The van der Waals surface area contributed by atoms with E-state index in [0.29, 0.717) is 53.4 Å². The Morgan fingerprint density at radius 1 is 0.843 bits per heavy atom. The Morgan fingerprint density at radius 3 is 2.14 bits per heavy atom. The van der Waals surface area contributed by atoms with Crippen LogP contribution in [-0.2, 0) is 24.4 Å². The first-order valence-corrected chi connectivity index (χ1v) is 16.2. The molecular weight excluding hydrogens is 648 g/mol. The van der Waals surface area contributed by atoms with Gasteiger partial charge in [-0.1, -0.05) is 0 Å². The zero-order valence-electron chi connectivity index (χ0n) is 29.4. The number of pyridine rings is 3. The quantitative estimate of drug-likeness (QED) is 0.141. The molecule has 0 aliphatic heterocycles. The zero-order chi connectivity index (χ0) is 35.9. The van der Waals surface area contributed by atoms with E-state index in [1.54, 1.807) is 58.8 Å². The highest BCUT2D eigenvalue weighted by atomic mass is 16.5. The predicted octanol–water partition coefficient (Wildman–Crippen LogP) is 5.93. The SMILES string of the molecule is CNC(=O)Cn1cc(Nc2cc3cc(-c4cnccc4C)nc(N(Cc4ccc(OC)cc4OC)Cc4ccc(OC)cc4OC)c3cn2)cn1. The van der Waals surface area contributed by atoms with Gasteiger partial charge >= 0.3 is 0 Å². The lowest BCUT2D eigenvalue weighted by Gasteiger charge is -2.28. The summed E-state index contributed by atoms with van der Waals surface area (Å²) in [6.07, 6.45) is 8.84. The number of methoxy groups -OCH3 is 4. The average molecular weight is 689 g/mol. The van der Waals surface area contributed by atoms with E-state index in [2.05, 4.69) is 25.6 Å². The van der Waals surface area contributed by atoms with Crippen molar-refractivity contribution in [3.63, 3.8) is 0 Å². The maximum atomic E-state index is 11.9. The topological polar surface area (TPSA) is 138 Å². The predicted molar refractivity (Wildman–Crippen MR) is 196 cm³/mol. The van der Waals surface area contributed by atoms with Crippen LogP contribution < -0.4 is 34.5 Å². The third-order valence-corrected chi connectivity index (χ3v) is 8.51. The highest BCUT2D eigenvalue weighted by molar-refractivity contribution is 5.96. The van der Waals surface area contributed by atoms with E-state index in [-0.39, 0.29) is 12.5 Å². The van der Waals surface area contributed by atoms with E-state index in [0.717, 1.165) is 38.7 Å². The van der Waals surface area contributed by atoms with E-state index < -0.39 is 0 Å². The van der Waals surface area contributed by atoms with Crippen molar-refractivity contribution in [3.8, 4) is 34.3 Å². The van der Waals surface area contributed by atoms with Crippen LogP contribution >= 0.6 is 0 Å². The number of aryl methyl sites for hydroxylation is 1. The number of hydrogen-bond donors (Lipinski definition) is 2. The lowest BCUT2D eigenvalue weighted by Crippen LogP contribution is -2.24. The van der Waals surface area contributed by atoms with E-state index >= 15 is 0 Å². The first-order valence-electron chi connectivity index (χ1n) is 16.2. The number of ether oxygens (including phenoxy) is 4. The lowest BCUT2D eigenvalue weighted by molar-refractivity contribution is -0.121. The molecule has 2 aromatic carbocycles. The third-order valence-electron chi connectivity index (χ3n) is 8.51. The molecule has 0 radical (unpaired) electrons. The Labute approximate surface area is 296 Å². The minimum atomic E-state index is -0.143. The van der Waals surface area contributed by atoms with Crippen molar-refractivity contribution >= 4 is 34.0 Å². The van der Waals surface area contributed by atoms with Crippen LogP contribution in [0.4, 0.5) is 17.3 Å². The first-order chi connectivity index (χ1) is 24.8. The van der Waals surface area contributed by atoms with Gasteiger partial charge in [-0.15, -0.1) is 0 Å². The van der Waals surface area contributed by atoms with E-state index in [1.165, 1.54) is 0 Å². The number of amides is 1.